The van der Waals surface area contributed by atoms with Crippen LogP contribution in [0.2, 0.25) is 0 Å². The van der Waals surface area contributed by atoms with Gasteiger partial charge in [0.25, 0.3) is 11.8 Å². The molecule has 0 aliphatic heterocycles. The van der Waals surface area contributed by atoms with Crippen molar-refractivity contribution in [2.24, 2.45) is 10.2 Å². The van der Waals surface area contributed by atoms with Crippen LogP contribution in [0.3, 0.4) is 0 Å². The van der Waals surface area contributed by atoms with Crippen molar-refractivity contribution < 1.29 is 9.59 Å². The topological polar surface area (TPSA) is 109 Å². The van der Waals surface area contributed by atoms with Gasteiger partial charge >= 0.3 is 0 Å². The van der Waals surface area contributed by atoms with Gasteiger partial charge < -0.3 is 0 Å². The Morgan fingerprint density at radius 1 is 0.714 bits per heavy atom. The summed E-state index contributed by atoms with van der Waals surface area (Å²) in [7, 11) is 0. The molecule has 0 atom stereocenters. The minimum Gasteiger partial charge on any atom is -0.267 e. The van der Waals surface area contributed by atoms with Gasteiger partial charge in [-0.2, -0.15) is 10.2 Å². The van der Waals surface area contributed by atoms with Crippen LogP contribution in [0.25, 0.3) is 0 Å². The summed E-state index contributed by atoms with van der Waals surface area (Å²) in [6.45, 7) is 0. The molecular formula is C20H16N6O2. The lowest BCUT2D eigenvalue weighted by Crippen LogP contribution is -2.17. The quantitative estimate of drug-likeness (QED) is 0.509. The monoisotopic (exact) mass is 372 g/mol. The molecule has 138 valence electrons. The first-order valence-electron chi connectivity index (χ1n) is 8.29. The van der Waals surface area contributed by atoms with Gasteiger partial charge in [0.1, 0.15) is 0 Å². The number of pyridine rings is 2. The Morgan fingerprint density at radius 3 is 1.50 bits per heavy atom. The van der Waals surface area contributed by atoms with E-state index in [2.05, 4.69) is 31.0 Å². The maximum absolute atomic E-state index is 11.8. The predicted octanol–water partition coefficient (Wildman–Crippen LogP) is 2.00. The molecule has 28 heavy (non-hydrogen) atoms. The van der Waals surface area contributed by atoms with E-state index in [1.165, 1.54) is 24.8 Å². The summed E-state index contributed by atoms with van der Waals surface area (Å²) in [6, 6.07) is 13.9. The predicted molar refractivity (Wildman–Crippen MR) is 105 cm³/mol. The van der Waals surface area contributed by atoms with Crippen molar-refractivity contribution in [2.45, 2.75) is 0 Å². The van der Waals surface area contributed by atoms with E-state index in [1.807, 2.05) is 24.3 Å². The number of nitrogens with one attached hydrogen (secondary N) is 2. The third kappa shape index (κ3) is 5.40. The van der Waals surface area contributed by atoms with Crippen molar-refractivity contribution in [1.29, 1.82) is 0 Å². The van der Waals surface area contributed by atoms with Crippen molar-refractivity contribution in [3.63, 3.8) is 0 Å². The van der Waals surface area contributed by atoms with Gasteiger partial charge in [-0.25, -0.2) is 10.9 Å². The van der Waals surface area contributed by atoms with Crippen molar-refractivity contribution in [2.75, 3.05) is 0 Å². The zero-order valence-electron chi connectivity index (χ0n) is 14.7. The van der Waals surface area contributed by atoms with Crippen molar-refractivity contribution in [1.82, 2.24) is 20.8 Å². The Hall–Kier alpha value is -4.20. The maximum Gasteiger partial charge on any atom is 0.272 e. The Bertz CT molecular complexity index is 904. The molecule has 0 bridgehead atoms. The van der Waals surface area contributed by atoms with Crippen molar-refractivity contribution in [3.8, 4) is 0 Å². The number of carbonyl (C=O) groups excluding carboxylic acids is 2. The van der Waals surface area contributed by atoms with E-state index in [-0.39, 0.29) is 11.8 Å². The summed E-state index contributed by atoms with van der Waals surface area (Å²) in [5.74, 6) is -0.671. The second kappa shape index (κ2) is 9.48. The molecule has 3 rings (SSSR count). The molecule has 2 amide bonds. The molecule has 1 aromatic carbocycles. The van der Waals surface area contributed by atoms with Gasteiger partial charge in [-0.15, -0.1) is 0 Å². The molecular weight excluding hydrogens is 356 g/mol. The molecule has 0 aliphatic carbocycles. The van der Waals surface area contributed by atoms with Crippen LogP contribution in [0.15, 0.2) is 83.5 Å². The average molecular weight is 372 g/mol. The zero-order valence-corrected chi connectivity index (χ0v) is 14.7. The number of nitrogens with zero attached hydrogens (tertiary/aromatic N) is 4. The maximum atomic E-state index is 11.8. The van der Waals surface area contributed by atoms with E-state index in [4.69, 9.17) is 0 Å². The summed E-state index contributed by atoms with van der Waals surface area (Å²) in [5.41, 5.74) is 7.32. The van der Waals surface area contributed by atoms with Crippen LogP contribution in [0.1, 0.15) is 31.8 Å². The fraction of sp³-hybridized carbons (Fsp3) is 0. The fourth-order valence-corrected chi connectivity index (χ4v) is 2.12. The highest BCUT2D eigenvalue weighted by molar-refractivity contribution is 5.95. The van der Waals surface area contributed by atoms with E-state index in [0.29, 0.717) is 11.1 Å². The van der Waals surface area contributed by atoms with Gasteiger partial charge in [0.15, 0.2) is 0 Å². The van der Waals surface area contributed by atoms with Crippen LogP contribution in [0.4, 0.5) is 0 Å². The van der Waals surface area contributed by atoms with Crippen LogP contribution >= 0.6 is 0 Å². The van der Waals surface area contributed by atoms with Gasteiger partial charge in [-0.1, -0.05) is 24.3 Å². The number of hydrogen-bond acceptors (Lipinski definition) is 6. The Balaban J connectivity index is 1.50. The van der Waals surface area contributed by atoms with Gasteiger partial charge in [-0.05, 0) is 35.4 Å². The Kier molecular flexibility index (Phi) is 6.30. The van der Waals surface area contributed by atoms with Crippen molar-refractivity contribution >= 4 is 24.2 Å². The third-order valence-electron chi connectivity index (χ3n) is 3.54. The number of benzene rings is 1. The molecule has 3 aromatic rings. The van der Waals surface area contributed by atoms with E-state index in [1.54, 1.807) is 36.7 Å². The molecule has 2 heterocycles. The highest BCUT2D eigenvalue weighted by Crippen LogP contribution is 2.01. The second-order valence-corrected chi connectivity index (χ2v) is 5.55. The molecule has 0 fully saturated rings. The van der Waals surface area contributed by atoms with E-state index in [9.17, 15) is 9.59 Å². The minimum atomic E-state index is -0.336. The summed E-state index contributed by atoms with van der Waals surface area (Å²) in [4.78, 5) is 31.4. The zero-order chi connectivity index (χ0) is 19.6. The second-order valence-electron chi connectivity index (χ2n) is 5.55. The van der Waals surface area contributed by atoms with Gasteiger partial charge in [0, 0.05) is 24.8 Å². The number of rotatable bonds is 6. The summed E-state index contributed by atoms with van der Waals surface area (Å²) in [5, 5.41) is 7.84. The van der Waals surface area contributed by atoms with E-state index < -0.39 is 0 Å². The summed E-state index contributed by atoms with van der Waals surface area (Å²) in [6.07, 6.45) is 9.17. The molecule has 2 aromatic heterocycles. The molecule has 0 aliphatic rings. The molecule has 0 radical (unpaired) electrons. The largest absolute Gasteiger partial charge is 0.272 e. The molecule has 0 unspecified atom stereocenters. The summed E-state index contributed by atoms with van der Waals surface area (Å²) >= 11 is 0. The number of aromatic nitrogens is 2. The number of amides is 2. The number of hydrogen-bond donors (Lipinski definition) is 2. The van der Waals surface area contributed by atoms with Gasteiger partial charge in [0.2, 0.25) is 0 Å². The normalized spacial score (nSPS) is 10.9. The van der Waals surface area contributed by atoms with Crippen LogP contribution in [0, 0.1) is 0 Å². The molecule has 0 spiro atoms. The van der Waals surface area contributed by atoms with Gasteiger partial charge in [-0.3, -0.25) is 19.6 Å². The third-order valence-corrected chi connectivity index (χ3v) is 3.54. The van der Waals surface area contributed by atoms with Crippen LogP contribution in [-0.4, -0.2) is 34.2 Å². The number of hydrazone groups is 2. The lowest BCUT2D eigenvalue weighted by molar-refractivity contribution is 0.0946. The van der Waals surface area contributed by atoms with E-state index in [0.717, 1.165) is 11.1 Å². The average Bonchev–Trinajstić information content (AvgIpc) is 2.76. The van der Waals surface area contributed by atoms with Crippen LogP contribution < -0.4 is 10.9 Å². The van der Waals surface area contributed by atoms with E-state index >= 15 is 0 Å². The molecule has 0 saturated carbocycles. The smallest absolute Gasteiger partial charge is 0.267 e. The lowest BCUT2D eigenvalue weighted by Gasteiger charge is -1.99. The van der Waals surface area contributed by atoms with Crippen LogP contribution in [-0.2, 0) is 0 Å². The minimum absolute atomic E-state index is 0.336. The first kappa shape index (κ1) is 18.6. The molecule has 8 nitrogen and oxygen atoms in total. The molecule has 2 N–H and O–H groups in total. The van der Waals surface area contributed by atoms with Gasteiger partial charge in [0.05, 0.1) is 23.6 Å². The highest BCUT2D eigenvalue weighted by atomic mass is 16.2. The molecule has 8 heteroatoms. The first-order chi connectivity index (χ1) is 13.7. The lowest BCUT2D eigenvalue weighted by atomic mass is 10.2. The Labute approximate surface area is 161 Å². The standard InChI is InChI=1S/C20H16N6O2/c27-19(17-3-1-9-21-13-17)25-23-11-15-5-7-16(8-6-15)12-24-26-20(28)18-4-2-10-22-14-18/h1-14H,(H,25,27)(H,26,28)/b23-11-,24-12+. The Morgan fingerprint density at radius 2 is 1.14 bits per heavy atom. The van der Waals surface area contributed by atoms with Crippen molar-refractivity contribution in [3.05, 3.63) is 95.6 Å². The fourth-order valence-electron chi connectivity index (χ4n) is 2.12. The molecule has 0 saturated heterocycles. The van der Waals surface area contributed by atoms with Crippen LogP contribution in [0.5, 0.6) is 0 Å². The SMILES string of the molecule is O=C(N/N=C\c1ccc(/C=N/NC(=O)c2cccnc2)cc1)c1cccnc1. The first-order valence-corrected chi connectivity index (χ1v) is 8.29. The number of carbonyl (C=O) groups is 2. The summed E-state index contributed by atoms with van der Waals surface area (Å²) < 4.78 is 0. The highest BCUT2D eigenvalue weighted by Gasteiger charge is 2.03.